The summed E-state index contributed by atoms with van der Waals surface area (Å²) in [5.41, 5.74) is 0.540. The average molecular weight is 269 g/mol. The molecule has 0 heterocycles. The lowest BCUT2D eigenvalue weighted by atomic mass is 10.0. The van der Waals surface area contributed by atoms with Crippen LogP contribution in [0.25, 0.3) is 0 Å². The molecule has 98 valence electrons. The van der Waals surface area contributed by atoms with E-state index in [4.69, 9.17) is 11.6 Å². The molecular weight excluding hydrogens is 251 g/mol. The van der Waals surface area contributed by atoms with Gasteiger partial charge in [-0.3, -0.25) is 0 Å². The molecule has 0 spiro atoms. The number of hydrogen-bond donors (Lipinski definition) is 1. The molecule has 1 N–H and O–H groups in total. The first-order valence-electron chi connectivity index (χ1n) is 6.79. The Hall–Kier alpha value is -0.600. The van der Waals surface area contributed by atoms with Crippen LogP contribution < -0.4 is 0 Å². The predicted molar refractivity (Wildman–Crippen MR) is 70.1 cm³/mol. The maximum absolute atomic E-state index is 13.8. The van der Waals surface area contributed by atoms with Gasteiger partial charge in [0.15, 0.2) is 0 Å². The summed E-state index contributed by atoms with van der Waals surface area (Å²) in [6, 6.07) is 5.01. The van der Waals surface area contributed by atoms with Crippen molar-refractivity contribution in [1.82, 2.24) is 0 Å². The van der Waals surface area contributed by atoms with E-state index < -0.39 is 6.10 Å². The summed E-state index contributed by atoms with van der Waals surface area (Å²) < 4.78 is 13.8. The summed E-state index contributed by atoms with van der Waals surface area (Å²) in [6.45, 7) is 0. The summed E-state index contributed by atoms with van der Waals surface area (Å²) in [5.74, 6) is 1.40. The van der Waals surface area contributed by atoms with Gasteiger partial charge in [-0.05, 0) is 42.2 Å². The molecule has 1 nitrogen and oxygen atoms in total. The van der Waals surface area contributed by atoms with Crippen LogP contribution in [-0.4, -0.2) is 11.2 Å². The molecule has 0 radical (unpaired) electrons. The van der Waals surface area contributed by atoms with Crippen molar-refractivity contribution in [2.75, 3.05) is 0 Å². The molecule has 2 aliphatic rings. The summed E-state index contributed by atoms with van der Waals surface area (Å²) in [4.78, 5) is 0. The standard InChI is InChI=1S/C15H18ClFO/c16-12-7-3-4-9(15(12)17)8-13(18)14-10-5-1-2-6-11(10)14/h3-4,7,10-11,13-14,18H,1-2,5-6,8H2. The maximum Gasteiger partial charge on any atom is 0.145 e. The van der Waals surface area contributed by atoms with Gasteiger partial charge in [0.05, 0.1) is 11.1 Å². The second kappa shape index (κ2) is 4.82. The zero-order chi connectivity index (χ0) is 12.7. The van der Waals surface area contributed by atoms with Crippen LogP contribution >= 0.6 is 11.6 Å². The van der Waals surface area contributed by atoms with Crippen molar-refractivity contribution < 1.29 is 9.50 Å². The molecule has 3 unspecified atom stereocenters. The lowest BCUT2D eigenvalue weighted by Gasteiger charge is -2.11. The predicted octanol–water partition coefficient (Wildman–Crippen LogP) is 3.82. The van der Waals surface area contributed by atoms with E-state index in [2.05, 4.69) is 0 Å². The topological polar surface area (TPSA) is 20.2 Å². The van der Waals surface area contributed by atoms with Crippen LogP contribution in [0.15, 0.2) is 18.2 Å². The number of fused-ring (bicyclic) bond motifs is 1. The second-order valence-corrected chi connectivity index (χ2v) is 6.08. The Morgan fingerprint density at radius 1 is 1.28 bits per heavy atom. The highest BCUT2D eigenvalue weighted by Gasteiger charge is 2.53. The zero-order valence-electron chi connectivity index (χ0n) is 10.3. The van der Waals surface area contributed by atoms with Gasteiger partial charge in [0.2, 0.25) is 0 Å². The van der Waals surface area contributed by atoms with Crippen LogP contribution in [-0.2, 0) is 6.42 Å². The van der Waals surface area contributed by atoms with E-state index in [1.807, 2.05) is 0 Å². The van der Waals surface area contributed by atoms with Crippen LogP contribution in [0.5, 0.6) is 0 Å². The van der Waals surface area contributed by atoms with Crippen molar-refractivity contribution in [2.45, 2.75) is 38.2 Å². The fourth-order valence-corrected chi connectivity index (χ4v) is 3.88. The van der Waals surface area contributed by atoms with Crippen molar-refractivity contribution in [3.05, 3.63) is 34.6 Å². The number of hydrogen-bond acceptors (Lipinski definition) is 1. The first-order valence-corrected chi connectivity index (χ1v) is 7.17. The molecule has 18 heavy (non-hydrogen) atoms. The van der Waals surface area contributed by atoms with Gasteiger partial charge in [-0.2, -0.15) is 0 Å². The molecule has 1 aromatic rings. The van der Waals surface area contributed by atoms with E-state index in [9.17, 15) is 9.50 Å². The third-order valence-corrected chi connectivity index (χ3v) is 4.92. The van der Waals surface area contributed by atoms with Gasteiger partial charge in [0.25, 0.3) is 0 Å². The fourth-order valence-electron chi connectivity index (χ4n) is 3.69. The number of aliphatic hydroxyl groups is 1. The summed E-state index contributed by atoms with van der Waals surface area (Å²) in [6.07, 6.45) is 5.04. The third kappa shape index (κ3) is 2.17. The van der Waals surface area contributed by atoms with Crippen LogP contribution in [0.3, 0.4) is 0 Å². The zero-order valence-corrected chi connectivity index (χ0v) is 11.0. The molecule has 2 fully saturated rings. The first kappa shape index (κ1) is 12.4. The monoisotopic (exact) mass is 268 g/mol. The van der Waals surface area contributed by atoms with Crippen LogP contribution in [0.1, 0.15) is 31.2 Å². The molecule has 0 aromatic heterocycles. The molecule has 0 bridgehead atoms. The number of benzene rings is 1. The fraction of sp³-hybridized carbons (Fsp3) is 0.600. The molecule has 3 rings (SSSR count). The third-order valence-electron chi connectivity index (χ3n) is 4.63. The van der Waals surface area contributed by atoms with Crippen LogP contribution in [0.4, 0.5) is 4.39 Å². The lowest BCUT2D eigenvalue weighted by Crippen LogP contribution is -2.16. The molecule has 3 atom stereocenters. The Morgan fingerprint density at radius 3 is 2.61 bits per heavy atom. The molecule has 0 saturated heterocycles. The van der Waals surface area contributed by atoms with Crippen molar-refractivity contribution in [3.8, 4) is 0 Å². The smallest absolute Gasteiger partial charge is 0.145 e. The number of rotatable bonds is 3. The highest BCUT2D eigenvalue weighted by Crippen LogP contribution is 2.57. The molecule has 2 saturated carbocycles. The minimum absolute atomic E-state index is 0.146. The van der Waals surface area contributed by atoms with Gasteiger partial charge in [-0.15, -0.1) is 0 Å². The number of halogens is 2. The summed E-state index contributed by atoms with van der Waals surface area (Å²) >= 11 is 5.76. The highest BCUT2D eigenvalue weighted by molar-refractivity contribution is 6.30. The van der Waals surface area contributed by atoms with Crippen molar-refractivity contribution >= 4 is 11.6 Å². The van der Waals surface area contributed by atoms with E-state index >= 15 is 0 Å². The van der Waals surface area contributed by atoms with Gasteiger partial charge < -0.3 is 5.11 Å². The van der Waals surface area contributed by atoms with Gasteiger partial charge in [-0.1, -0.05) is 36.6 Å². The Kier molecular flexibility index (Phi) is 3.33. The van der Waals surface area contributed by atoms with Crippen LogP contribution in [0, 0.1) is 23.6 Å². The lowest BCUT2D eigenvalue weighted by molar-refractivity contribution is 0.139. The summed E-state index contributed by atoms with van der Waals surface area (Å²) in [5, 5.41) is 10.4. The minimum Gasteiger partial charge on any atom is -0.392 e. The minimum atomic E-state index is -0.411. The maximum atomic E-state index is 13.8. The van der Waals surface area contributed by atoms with E-state index in [0.29, 0.717) is 29.7 Å². The summed E-state index contributed by atoms with van der Waals surface area (Å²) in [7, 11) is 0. The Morgan fingerprint density at radius 2 is 1.94 bits per heavy atom. The van der Waals surface area contributed by atoms with Gasteiger partial charge in [0, 0.05) is 6.42 Å². The average Bonchev–Trinajstić information content (AvgIpc) is 3.09. The highest BCUT2D eigenvalue weighted by atomic mass is 35.5. The van der Waals surface area contributed by atoms with E-state index in [0.717, 1.165) is 0 Å². The molecule has 1 aromatic carbocycles. The van der Waals surface area contributed by atoms with Crippen molar-refractivity contribution in [3.63, 3.8) is 0 Å². The Bertz CT molecular complexity index is 436. The first-order chi connectivity index (χ1) is 8.68. The quantitative estimate of drug-likeness (QED) is 0.884. The van der Waals surface area contributed by atoms with E-state index in [1.165, 1.54) is 25.7 Å². The SMILES string of the molecule is OC(Cc1cccc(Cl)c1F)C1C2CCCCC21. The normalized spacial score (nSPS) is 31.8. The van der Waals surface area contributed by atoms with Gasteiger partial charge >= 0.3 is 0 Å². The Balaban J connectivity index is 1.68. The number of aliphatic hydroxyl groups excluding tert-OH is 1. The van der Waals surface area contributed by atoms with E-state index in [1.54, 1.807) is 18.2 Å². The van der Waals surface area contributed by atoms with Gasteiger partial charge in [0.1, 0.15) is 5.82 Å². The van der Waals surface area contributed by atoms with Gasteiger partial charge in [-0.25, -0.2) is 4.39 Å². The largest absolute Gasteiger partial charge is 0.392 e. The molecule has 3 heteroatoms. The van der Waals surface area contributed by atoms with Crippen LogP contribution in [0.2, 0.25) is 5.02 Å². The Labute approximate surface area is 112 Å². The van der Waals surface area contributed by atoms with Crippen molar-refractivity contribution in [2.24, 2.45) is 17.8 Å². The second-order valence-electron chi connectivity index (χ2n) is 5.67. The molecule has 0 amide bonds. The van der Waals surface area contributed by atoms with Crippen molar-refractivity contribution in [1.29, 1.82) is 0 Å². The van der Waals surface area contributed by atoms with E-state index in [-0.39, 0.29) is 10.8 Å². The molecule has 2 aliphatic carbocycles. The molecule has 0 aliphatic heterocycles. The molecular formula is C15H18ClFO.